The van der Waals surface area contributed by atoms with Gasteiger partial charge in [0, 0.05) is 6.54 Å². The molecule has 0 bridgehead atoms. The zero-order valence-corrected chi connectivity index (χ0v) is 11.8. The first kappa shape index (κ1) is 18.6. The molecule has 0 unspecified atom stereocenters. The highest BCUT2D eigenvalue weighted by atomic mass is 16.4. The highest BCUT2D eigenvalue weighted by Crippen LogP contribution is 1.98. The maximum absolute atomic E-state index is 11.5. The Morgan fingerprint density at radius 3 is 2.38 bits per heavy atom. The predicted molar refractivity (Wildman–Crippen MR) is 76.1 cm³/mol. The Hall–Kier alpha value is -2.36. The molecule has 0 aromatic carbocycles. The molecule has 2 amide bonds. The molecule has 9 N–H and O–H groups in total. The standard InChI is InChI=1S/C11H22N6O4/c1-6(12)9(19)16-5-8(18)17-7(10(20)21)3-2-4-15-11(13)14/h6-7H,2-5,12H2,1H3,(H,16,19)(H,17,18)(H,20,21)(H4,13,14,15)/t6-,7-/m0/s1. The molecule has 2 atom stereocenters. The van der Waals surface area contributed by atoms with Crippen molar-refractivity contribution in [2.75, 3.05) is 13.1 Å². The minimum atomic E-state index is -1.17. The number of nitrogens with two attached hydrogens (primary N) is 3. The molecule has 0 aromatic heterocycles. The topological polar surface area (TPSA) is 186 Å². The van der Waals surface area contributed by atoms with Crippen molar-refractivity contribution in [1.82, 2.24) is 10.6 Å². The van der Waals surface area contributed by atoms with Crippen LogP contribution < -0.4 is 27.8 Å². The number of carbonyl (C=O) groups is 3. The number of rotatable bonds is 9. The number of carboxylic acid groups (broad SMARTS) is 1. The van der Waals surface area contributed by atoms with Crippen LogP contribution in [0.1, 0.15) is 19.8 Å². The Morgan fingerprint density at radius 1 is 1.29 bits per heavy atom. The number of aliphatic carboxylic acids is 1. The Balaban J connectivity index is 4.19. The first-order valence-electron chi connectivity index (χ1n) is 6.35. The molecule has 10 heteroatoms. The number of aliphatic imine (C=N–C) groups is 1. The van der Waals surface area contributed by atoms with E-state index in [4.69, 9.17) is 22.3 Å². The van der Waals surface area contributed by atoms with Crippen molar-refractivity contribution in [3.63, 3.8) is 0 Å². The first-order chi connectivity index (χ1) is 9.73. The van der Waals surface area contributed by atoms with Crippen molar-refractivity contribution >= 4 is 23.7 Å². The van der Waals surface area contributed by atoms with Crippen molar-refractivity contribution in [2.24, 2.45) is 22.2 Å². The third kappa shape index (κ3) is 9.21. The monoisotopic (exact) mass is 302 g/mol. The Kier molecular flexibility index (Phi) is 8.46. The lowest BCUT2D eigenvalue weighted by Gasteiger charge is -2.14. The third-order valence-electron chi connectivity index (χ3n) is 2.42. The van der Waals surface area contributed by atoms with Crippen LogP contribution in [0.15, 0.2) is 4.99 Å². The zero-order valence-electron chi connectivity index (χ0n) is 11.8. The lowest BCUT2D eigenvalue weighted by molar-refractivity contribution is -0.141. The van der Waals surface area contributed by atoms with Gasteiger partial charge in [0.2, 0.25) is 11.8 Å². The van der Waals surface area contributed by atoms with Crippen LogP contribution >= 0.6 is 0 Å². The van der Waals surface area contributed by atoms with E-state index >= 15 is 0 Å². The Morgan fingerprint density at radius 2 is 1.90 bits per heavy atom. The second-order valence-electron chi connectivity index (χ2n) is 4.41. The lowest BCUT2D eigenvalue weighted by atomic mass is 10.1. The maximum atomic E-state index is 11.5. The van der Waals surface area contributed by atoms with Crippen molar-refractivity contribution in [3.8, 4) is 0 Å². The summed E-state index contributed by atoms with van der Waals surface area (Å²) in [4.78, 5) is 37.4. The van der Waals surface area contributed by atoms with Gasteiger partial charge in [-0.3, -0.25) is 14.6 Å². The van der Waals surface area contributed by atoms with Crippen molar-refractivity contribution in [3.05, 3.63) is 0 Å². The van der Waals surface area contributed by atoms with E-state index in [2.05, 4.69) is 15.6 Å². The van der Waals surface area contributed by atoms with Gasteiger partial charge in [0.25, 0.3) is 0 Å². The third-order valence-corrected chi connectivity index (χ3v) is 2.42. The Labute approximate surface area is 122 Å². The van der Waals surface area contributed by atoms with Gasteiger partial charge < -0.3 is 32.9 Å². The number of carboxylic acids is 1. The number of hydrogen-bond donors (Lipinski definition) is 6. The second kappa shape index (κ2) is 9.53. The summed E-state index contributed by atoms with van der Waals surface area (Å²) in [6, 6.07) is -1.81. The molecule has 0 aliphatic heterocycles. The molecule has 120 valence electrons. The minimum Gasteiger partial charge on any atom is -0.480 e. The number of nitrogens with zero attached hydrogens (tertiary/aromatic N) is 1. The smallest absolute Gasteiger partial charge is 0.326 e. The van der Waals surface area contributed by atoms with E-state index in [1.165, 1.54) is 6.92 Å². The summed E-state index contributed by atoms with van der Waals surface area (Å²) < 4.78 is 0. The number of carbonyl (C=O) groups excluding carboxylic acids is 2. The molecule has 0 aromatic rings. The van der Waals surface area contributed by atoms with Gasteiger partial charge in [-0.15, -0.1) is 0 Å². The number of nitrogens with one attached hydrogen (secondary N) is 2. The second-order valence-corrected chi connectivity index (χ2v) is 4.41. The summed E-state index contributed by atoms with van der Waals surface area (Å²) in [6.07, 6.45) is 0.556. The van der Waals surface area contributed by atoms with E-state index < -0.39 is 29.9 Å². The van der Waals surface area contributed by atoms with Gasteiger partial charge in [-0.05, 0) is 19.8 Å². The fourth-order valence-electron chi connectivity index (χ4n) is 1.33. The highest BCUT2D eigenvalue weighted by Gasteiger charge is 2.19. The van der Waals surface area contributed by atoms with E-state index in [9.17, 15) is 14.4 Å². The van der Waals surface area contributed by atoms with E-state index in [0.717, 1.165) is 0 Å². The minimum absolute atomic E-state index is 0.0791. The van der Waals surface area contributed by atoms with Crippen LogP contribution in [0.25, 0.3) is 0 Å². The van der Waals surface area contributed by atoms with Crippen LogP contribution in [-0.2, 0) is 14.4 Å². The van der Waals surface area contributed by atoms with E-state index in [1.807, 2.05) is 0 Å². The van der Waals surface area contributed by atoms with Crippen molar-refractivity contribution in [2.45, 2.75) is 31.8 Å². The van der Waals surface area contributed by atoms with Gasteiger partial charge in [0.15, 0.2) is 5.96 Å². The molecule has 0 heterocycles. The van der Waals surface area contributed by atoms with E-state index in [-0.39, 0.29) is 25.5 Å². The SMILES string of the molecule is C[C@H](N)C(=O)NCC(=O)N[C@@H](CCCN=C(N)N)C(=O)O. The predicted octanol–water partition coefficient (Wildman–Crippen LogP) is -2.93. The number of guanidine groups is 1. The highest BCUT2D eigenvalue weighted by molar-refractivity contribution is 5.89. The van der Waals surface area contributed by atoms with Gasteiger partial charge >= 0.3 is 5.97 Å². The summed E-state index contributed by atoms with van der Waals surface area (Å²) in [6.45, 7) is 1.40. The fourth-order valence-corrected chi connectivity index (χ4v) is 1.33. The average Bonchev–Trinajstić information content (AvgIpc) is 2.38. The van der Waals surface area contributed by atoms with Gasteiger partial charge in [0.05, 0.1) is 12.6 Å². The van der Waals surface area contributed by atoms with Crippen LogP contribution in [0, 0.1) is 0 Å². The summed E-state index contributed by atoms with van der Waals surface area (Å²) in [5.41, 5.74) is 15.6. The van der Waals surface area contributed by atoms with Gasteiger partial charge in [-0.25, -0.2) is 4.79 Å². The molecule has 0 rings (SSSR count). The molecule has 0 spiro atoms. The largest absolute Gasteiger partial charge is 0.480 e. The summed E-state index contributed by atoms with van der Waals surface area (Å²) in [7, 11) is 0. The van der Waals surface area contributed by atoms with Crippen LogP contribution in [-0.4, -0.2) is 54.0 Å². The lowest BCUT2D eigenvalue weighted by Crippen LogP contribution is -2.47. The van der Waals surface area contributed by atoms with Crippen molar-refractivity contribution < 1.29 is 19.5 Å². The molecule has 21 heavy (non-hydrogen) atoms. The average molecular weight is 302 g/mol. The summed E-state index contributed by atoms with van der Waals surface area (Å²) in [5, 5.41) is 13.6. The summed E-state index contributed by atoms with van der Waals surface area (Å²) in [5.74, 6) is -2.36. The molecule has 0 aliphatic rings. The van der Waals surface area contributed by atoms with Gasteiger partial charge in [-0.1, -0.05) is 0 Å². The summed E-state index contributed by atoms with van der Waals surface area (Å²) >= 11 is 0. The molecular formula is C11H22N6O4. The molecule has 0 radical (unpaired) electrons. The van der Waals surface area contributed by atoms with Gasteiger partial charge in [-0.2, -0.15) is 0 Å². The Bertz CT molecular complexity index is 406. The van der Waals surface area contributed by atoms with Crippen molar-refractivity contribution in [1.29, 1.82) is 0 Å². The van der Waals surface area contributed by atoms with Crippen LogP contribution in [0.5, 0.6) is 0 Å². The van der Waals surface area contributed by atoms with Crippen LogP contribution in [0.3, 0.4) is 0 Å². The molecule has 0 saturated carbocycles. The molecule has 0 fully saturated rings. The van der Waals surface area contributed by atoms with E-state index in [1.54, 1.807) is 0 Å². The number of amides is 2. The quantitative estimate of drug-likeness (QED) is 0.149. The normalized spacial score (nSPS) is 12.9. The van der Waals surface area contributed by atoms with E-state index in [0.29, 0.717) is 6.42 Å². The molecule has 0 saturated heterocycles. The first-order valence-corrected chi connectivity index (χ1v) is 6.35. The zero-order chi connectivity index (χ0) is 16.4. The number of hydrogen-bond acceptors (Lipinski definition) is 5. The maximum Gasteiger partial charge on any atom is 0.326 e. The molecule has 10 nitrogen and oxygen atoms in total. The van der Waals surface area contributed by atoms with Gasteiger partial charge in [0.1, 0.15) is 6.04 Å². The fraction of sp³-hybridized carbons (Fsp3) is 0.636. The molecular weight excluding hydrogens is 280 g/mol. The molecule has 0 aliphatic carbocycles. The van der Waals surface area contributed by atoms with Crippen LogP contribution in [0.2, 0.25) is 0 Å². The van der Waals surface area contributed by atoms with Crippen LogP contribution in [0.4, 0.5) is 0 Å².